The molecule has 2 bridgehead atoms. The maximum absolute atomic E-state index is 8.85. The van der Waals surface area contributed by atoms with Gasteiger partial charge >= 0.3 is 0 Å². The normalized spacial score (nSPS) is 28.1. The van der Waals surface area contributed by atoms with Crippen molar-refractivity contribution in [2.75, 3.05) is 11.1 Å². The van der Waals surface area contributed by atoms with Gasteiger partial charge in [-0.1, -0.05) is 6.42 Å². The van der Waals surface area contributed by atoms with Crippen molar-refractivity contribution in [3.8, 4) is 6.19 Å². The maximum atomic E-state index is 8.85. The van der Waals surface area contributed by atoms with Gasteiger partial charge in [-0.3, -0.25) is 5.32 Å². The molecular formula is C14H18N6. The molecule has 6 nitrogen and oxygen atoms in total. The second kappa shape index (κ2) is 5.37. The van der Waals surface area contributed by atoms with Gasteiger partial charge in [0.05, 0.1) is 17.9 Å². The van der Waals surface area contributed by atoms with Crippen molar-refractivity contribution in [3.05, 3.63) is 18.3 Å². The topological polar surface area (TPSA) is 99.1 Å². The highest BCUT2D eigenvalue weighted by Crippen LogP contribution is 2.45. The first-order chi connectivity index (χ1) is 9.74. The third-order valence-electron chi connectivity index (χ3n) is 4.22. The number of nitrogen functional groups attached to an aromatic ring is 1. The number of nitrogens with one attached hydrogen (secondary N) is 2. The number of pyridine rings is 1. The molecule has 20 heavy (non-hydrogen) atoms. The fourth-order valence-corrected chi connectivity index (χ4v) is 3.30. The summed E-state index contributed by atoms with van der Waals surface area (Å²) in [6.07, 6.45) is 8.60. The number of rotatable bonds is 2. The van der Waals surface area contributed by atoms with Crippen LogP contribution in [0.25, 0.3) is 0 Å². The Balaban J connectivity index is 1.72. The smallest absolute Gasteiger partial charge is 0.209 e. The zero-order valence-corrected chi connectivity index (χ0v) is 11.2. The summed E-state index contributed by atoms with van der Waals surface area (Å²) in [6, 6.07) is 3.86. The summed E-state index contributed by atoms with van der Waals surface area (Å²) in [6.45, 7) is 0. The van der Waals surface area contributed by atoms with E-state index in [-0.39, 0.29) is 0 Å². The van der Waals surface area contributed by atoms with E-state index < -0.39 is 0 Å². The van der Waals surface area contributed by atoms with E-state index in [4.69, 9.17) is 11.0 Å². The predicted molar refractivity (Wildman–Crippen MR) is 77.7 cm³/mol. The first-order valence-corrected chi connectivity index (χ1v) is 6.96. The standard InChI is InChI=1S/C14H18N6/c15-8-18-14(19-11-3-4-13(16)17-7-11)20-12-6-9-1-2-10(12)5-9/h3-4,7,9-10,12H,1-2,5-6H2,(H2,16,17)(H2,18,19,20)/t9-,10+,12+/m0/s1. The Labute approximate surface area is 118 Å². The molecule has 1 heterocycles. The Morgan fingerprint density at radius 3 is 2.90 bits per heavy atom. The van der Waals surface area contributed by atoms with E-state index in [1.807, 2.05) is 12.3 Å². The summed E-state index contributed by atoms with van der Waals surface area (Å²) in [5.41, 5.74) is 6.32. The summed E-state index contributed by atoms with van der Waals surface area (Å²) < 4.78 is 0. The molecule has 1 aromatic rings. The number of aromatic nitrogens is 1. The molecule has 0 aliphatic heterocycles. The van der Waals surface area contributed by atoms with Crippen LogP contribution in [-0.4, -0.2) is 17.0 Å². The van der Waals surface area contributed by atoms with Crippen LogP contribution in [0.15, 0.2) is 23.3 Å². The van der Waals surface area contributed by atoms with Crippen LogP contribution in [0, 0.1) is 23.3 Å². The maximum Gasteiger partial charge on any atom is 0.209 e. The quantitative estimate of drug-likeness (QED) is 0.329. The second-order valence-electron chi connectivity index (χ2n) is 5.55. The van der Waals surface area contributed by atoms with Crippen molar-refractivity contribution in [2.45, 2.75) is 31.7 Å². The Kier molecular flexibility index (Phi) is 3.42. The molecule has 0 spiro atoms. The van der Waals surface area contributed by atoms with Gasteiger partial charge in [0.1, 0.15) is 5.82 Å². The average molecular weight is 270 g/mol. The van der Waals surface area contributed by atoms with Crippen molar-refractivity contribution < 1.29 is 0 Å². The SMILES string of the molecule is N#CNC(=N[C@@H]1C[C@H]2CC[C@@H]1C2)Nc1ccc(N)nc1. The van der Waals surface area contributed by atoms with Gasteiger partial charge in [-0.05, 0) is 43.2 Å². The third-order valence-corrected chi connectivity index (χ3v) is 4.22. The molecule has 0 unspecified atom stereocenters. The molecule has 2 fully saturated rings. The van der Waals surface area contributed by atoms with Gasteiger partial charge in [-0.15, -0.1) is 0 Å². The molecule has 104 valence electrons. The van der Waals surface area contributed by atoms with E-state index in [2.05, 4.69) is 20.6 Å². The fraction of sp³-hybridized carbons (Fsp3) is 0.500. The van der Waals surface area contributed by atoms with Crippen molar-refractivity contribution in [1.29, 1.82) is 5.26 Å². The summed E-state index contributed by atoms with van der Waals surface area (Å²) in [5, 5.41) is 14.6. The third kappa shape index (κ3) is 2.67. The van der Waals surface area contributed by atoms with Gasteiger partial charge in [0.15, 0.2) is 6.19 Å². The lowest BCUT2D eigenvalue weighted by Gasteiger charge is -2.19. The average Bonchev–Trinajstić information content (AvgIpc) is 3.04. The Hall–Kier alpha value is -2.29. The molecule has 2 aliphatic rings. The molecule has 0 amide bonds. The van der Waals surface area contributed by atoms with Crippen LogP contribution in [0.5, 0.6) is 0 Å². The minimum atomic E-state index is 0.332. The van der Waals surface area contributed by atoms with Gasteiger partial charge in [-0.2, -0.15) is 5.26 Å². The predicted octanol–water partition coefficient (Wildman–Crippen LogP) is 1.69. The number of nitrogens with zero attached hydrogens (tertiary/aromatic N) is 3. The highest BCUT2D eigenvalue weighted by molar-refractivity contribution is 5.94. The summed E-state index contributed by atoms with van der Waals surface area (Å²) in [7, 11) is 0. The van der Waals surface area contributed by atoms with E-state index in [0.717, 1.165) is 18.0 Å². The van der Waals surface area contributed by atoms with Crippen molar-refractivity contribution in [3.63, 3.8) is 0 Å². The van der Waals surface area contributed by atoms with Gasteiger partial charge in [0.2, 0.25) is 5.96 Å². The lowest BCUT2D eigenvalue weighted by molar-refractivity contribution is 0.420. The van der Waals surface area contributed by atoms with Gasteiger partial charge < -0.3 is 11.1 Å². The molecule has 3 atom stereocenters. The number of nitriles is 1. The molecule has 6 heteroatoms. The van der Waals surface area contributed by atoms with Crippen molar-refractivity contribution >= 4 is 17.5 Å². The molecule has 1 aromatic heterocycles. The van der Waals surface area contributed by atoms with Crippen LogP contribution in [0.2, 0.25) is 0 Å². The number of aliphatic imine (C=N–C) groups is 1. The highest BCUT2D eigenvalue weighted by atomic mass is 15.2. The lowest BCUT2D eigenvalue weighted by atomic mass is 9.96. The number of nitrogens with two attached hydrogens (primary N) is 1. The van der Waals surface area contributed by atoms with E-state index in [9.17, 15) is 0 Å². The number of anilines is 2. The number of guanidine groups is 1. The van der Waals surface area contributed by atoms with Crippen molar-refractivity contribution in [2.24, 2.45) is 16.8 Å². The van der Waals surface area contributed by atoms with Gasteiger partial charge in [0, 0.05) is 0 Å². The fourth-order valence-electron chi connectivity index (χ4n) is 3.30. The molecule has 3 rings (SSSR count). The van der Waals surface area contributed by atoms with Crippen LogP contribution < -0.4 is 16.4 Å². The molecule has 0 saturated heterocycles. The van der Waals surface area contributed by atoms with E-state index >= 15 is 0 Å². The Bertz CT molecular complexity index is 544. The number of fused-ring (bicyclic) bond motifs is 2. The largest absolute Gasteiger partial charge is 0.384 e. The number of hydrogen-bond acceptors (Lipinski definition) is 4. The number of hydrogen-bond donors (Lipinski definition) is 3. The van der Waals surface area contributed by atoms with E-state index in [0.29, 0.717) is 23.7 Å². The molecule has 0 radical (unpaired) electrons. The first kappa shape index (κ1) is 12.7. The van der Waals surface area contributed by atoms with Crippen LogP contribution >= 0.6 is 0 Å². The van der Waals surface area contributed by atoms with Crippen LogP contribution in [-0.2, 0) is 0 Å². The summed E-state index contributed by atoms with van der Waals surface area (Å²) in [5.74, 6) is 2.48. The minimum Gasteiger partial charge on any atom is -0.384 e. The molecular weight excluding hydrogens is 252 g/mol. The van der Waals surface area contributed by atoms with Gasteiger partial charge in [0.25, 0.3) is 0 Å². The van der Waals surface area contributed by atoms with Crippen LogP contribution in [0.4, 0.5) is 11.5 Å². The monoisotopic (exact) mass is 270 g/mol. The van der Waals surface area contributed by atoms with Gasteiger partial charge in [-0.25, -0.2) is 9.98 Å². The Morgan fingerprint density at radius 2 is 2.30 bits per heavy atom. The van der Waals surface area contributed by atoms with E-state index in [1.54, 1.807) is 12.3 Å². The van der Waals surface area contributed by atoms with Crippen molar-refractivity contribution in [1.82, 2.24) is 10.3 Å². The zero-order valence-electron chi connectivity index (χ0n) is 11.2. The van der Waals surface area contributed by atoms with Crippen LogP contribution in [0.3, 0.4) is 0 Å². The lowest BCUT2D eigenvalue weighted by Crippen LogP contribution is -2.30. The first-order valence-electron chi connectivity index (χ1n) is 6.96. The summed E-state index contributed by atoms with van der Waals surface area (Å²) >= 11 is 0. The Morgan fingerprint density at radius 1 is 1.40 bits per heavy atom. The molecule has 0 aromatic carbocycles. The summed E-state index contributed by atoms with van der Waals surface area (Å²) in [4.78, 5) is 8.69. The highest BCUT2D eigenvalue weighted by Gasteiger charge is 2.39. The molecule has 2 saturated carbocycles. The zero-order chi connectivity index (χ0) is 13.9. The molecule has 4 N–H and O–H groups in total. The molecule has 2 aliphatic carbocycles. The second-order valence-corrected chi connectivity index (χ2v) is 5.55. The minimum absolute atomic E-state index is 0.332. The van der Waals surface area contributed by atoms with Crippen LogP contribution in [0.1, 0.15) is 25.7 Å². The van der Waals surface area contributed by atoms with E-state index in [1.165, 1.54) is 19.3 Å².